The number of hydrogen-bond acceptors (Lipinski definition) is 6. The Morgan fingerprint density at radius 1 is 1.29 bits per heavy atom. The molecule has 0 aromatic carbocycles. The Morgan fingerprint density at radius 3 is 2.86 bits per heavy atom. The van der Waals surface area contributed by atoms with Crippen molar-refractivity contribution < 1.29 is 4.74 Å². The molecule has 7 heteroatoms. The average Bonchev–Trinajstić information content (AvgIpc) is 2.94. The van der Waals surface area contributed by atoms with Crippen LogP contribution in [0.2, 0.25) is 0 Å². The van der Waals surface area contributed by atoms with Gasteiger partial charge in [0.2, 0.25) is 5.95 Å². The maximum absolute atomic E-state index is 5.27. The lowest BCUT2D eigenvalue weighted by molar-refractivity contribution is 0.182. The van der Waals surface area contributed by atoms with Gasteiger partial charge in [-0.1, -0.05) is 20.3 Å². The summed E-state index contributed by atoms with van der Waals surface area (Å²) in [5, 5.41) is 6.65. The number of rotatable bonds is 9. The molecular weight excluding hydrogens is 268 g/mol. The Balaban J connectivity index is 2.24. The predicted molar refractivity (Wildman–Crippen MR) is 84.7 cm³/mol. The summed E-state index contributed by atoms with van der Waals surface area (Å²) in [7, 11) is 1.71. The van der Waals surface area contributed by atoms with Crippen LogP contribution in [-0.4, -0.2) is 46.2 Å². The maximum Gasteiger partial charge on any atom is 0.226 e. The zero-order valence-corrected chi connectivity index (χ0v) is 12.9. The topological polar surface area (TPSA) is 87.8 Å². The highest BCUT2D eigenvalue weighted by molar-refractivity contribution is 5.83. The van der Waals surface area contributed by atoms with E-state index >= 15 is 0 Å². The predicted octanol–water partition coefficient (Wildman–Crippen LogP) is 2.40. The van der Waals surface area contributed by atoms with E-state index in [1.165, 1.54) is 0 Å². The lowest BCUT2D eigenvalue weighted by Crippen LogP contribution is -2.25. The Hall–Kier alpha value is -1.89. The first-order valence-electron chi connectivity index (χ1n) is 7.48. The Labute approximate surface area is 124 Å². The van der Waals surface area contributed by atoms with Gasteiger partial charge in [-0.15, -0.1) is 0 Å². The van der Waals surface area contributed by atoms with Crippen molar-refractivity contribution in [3.8, 4) is 0 Å². The standard InChI is InChI=1S/C14H24N6O/c1-4-6-10(8-21-3)18-13-11-12(17-9-16-11)19-14(20-13)15-7-5-2/h9-10H,4-8H2,1-3H3,(H3,15,16,17,18,19,20). The summed E-state index contributed by atoms with van der Waals surface area (Å²) in [6.45, 7) is 5.75. The van der Waals surface area contributed by atoms with Crippen molar-refractivity contribution in [3.63, 3.8) is 0 Å². The summed E-state index contributed by atoms with van der Waals surface area (Å²) < 4.78 is 5.27. The Morgan fingerprint density at radius 2 is 2.14 bits per heavy atom. The van der Waals surface area contributed by atoms with Crippen molar-refractivity contribution in [2.24, 2.45) is 0 Å². The summed E-state index contributed by atoms with van der Waals surface area (Å²) in [6.07, 6.45) is 4.76. The maximum atomic E-state index is 5.27. The first-order valence-corrected chi connectivity index (χ1v) is 7.48. The number of hydrogen-bond donors (Lipinski definition) is 3. The van der Waals surface area contributed by atoms with E-state index in [1.807, 2.05) is 0 Å². The number of H-pyrrole nitrogens is 1. The van der Waals surface area contributed by atoms with Gasteiger partial charge in [-0.2, -0.15) is 9.97 Å². The van der Waals surface area contributed by atoms with Crippen LogP contribution in [0.3, 0.4) is 0 Å². The molecule has 0 spiro atoms. The van der Waals surface area contributed by atoms with Crippen LogP contribution in [0.25, 0.3) is 11.2 Å². The molecule has 0 amide bonds. The van der Waals surface area contributed by atoms with Crippen LogP contribution < -0.4 is 10.6 Å². The fourth-order valence-corrected chi connectivity index (χ4v) is 2.19. The van der Waals surface area contributed by atoms with Gasteiger partial charge < -0.3 is 20.4 Å². The highest BCUT2D eigenvalue weighted by atomic mass is 16.5. The van der Waals surface area contributed by atoms with Crippen LogP contribution in [0.15, 0.2) is 6.33 Å². The van der Waals surface area contributed by atoms with Crippen molar-refractivity contribution in [1.82, 2.24) is 19.9 Å². The second-order valence-electron chi connectivity index (χ2n) is 5.01. The monoisotopic (exact) mass is 292 g/mol. The smallest absolute Gasteiger partial charge is 0.226 e. The molecule has 1 atom stereocenters. The van der Waals surface area contributed by atoms with Gasteiger partial charge in [0.25, 0.3) is 0 Å². The summed E-state index contributed by atoms with van der Waals surface area (Å²) in [6, 6.07) is 0.223. The highest BCUT2D eigenvalue weighted by Crippen LogP contribution is 2.20. The normalized spacial score (nSPS) is 12.5. The van der Waals surface area contributed by atoms with Gasteiger partial charge in [0, 0.05) is 13.7 Å². The highest BCUT2D eigenvalue weighted by Gasteiger charge is 2.14. The molecule has 3 N–H and O–H groups in total. The largest absolute Gasteiger partial charge is 0.383 e. The van der Waals surface area contributed by atoms with E-state index in [-0.39, 0.29) is 6.04 Å². The minimum absolute atomic E-state index is 0.223. The van der Waals surface area contributed by atoms with Crippen LogP contribution >= 0.6 is 0 Å². The quantitative estimate of drug-likeness (QED) is 0.658. The SMILES string of the molecule is CCCNc1nc(NC(CCC)COC)c2[nH]cnc2n1. The van der Waals surface area contributed by atoms with Gasteiger partial charge in [0.05, 0.1) is 19.0 Å². The molecule has 21 heavy (non-hydrogen) atoms. The van der Waals surface area contributed by atoms with E-state index in [2.05, 4.69) is 44.4 Å². The van der Waals surface area contributed by atoms with E-state index in [0.717, 1.165) is 37.1 Å². The fraction of sp³-hybridized carbons (Fsp3) is 0.643. The molecule has 0 aliphatic carbocycles. The van der Waals surface area contributed by atoms with Gasteiger partial charge in [-0.25, -0.2) is 4.98 Å². The Bertz CT molecular complexity index is 549. The molecule has 0 radical (unpaired) electrons. The van der Waals surface area contributed by atoms with Crippen LogP contribution in [-0.2, 0) is 4.74 Å². The van der Waals surface area contributed by atoms with Gasteiger partial charge in [0.15, 0.2) is 11.5 Å². The third kappa shape index (κ3) is 4.04. The zero-order chi connectivity index (χ0) is 15.1. The molecule has 0 aliphatic rings. The molecular formula is C14H24N6O. The number of aromatic nitrogens is 4. The van der Waals surface area contributed by atoms with Crippen LogP contribution in [0.1, 0.15) is 33.1 Å². The number of ether oxygens (including phenoxy) is 1. The molecule has 1 unspecified atom stereocenters. The third-order valence-electron chi connectivity index (χ3n) is 3.16. The fourth-order valence-electron chi connectivity index (χ4n) is 2.19. The molecule has 0 fully saturated rings. The lowest BCUT2D eigenvalue weighted by atomic mass is 10.2. The van der Waals surface area contributed by atoms with Crippen molar-refractivity contribution in [2.75, 3.05) is 30.9 Å². The zero-order valence-electron chi connectivity index (χ0n) is 12.9. The number of aromatic amines is 1. The summed E-state index contributed by atoms with van der Waals surface area (Å²) >= 11 is 0. The molecule has 7 nitrogen and oxygen atoms in total. The molecule has 2 heterocycles. The van der Waals surface area contributed by atoms with Gasteiger partial charge in [0.1, 0.15) is 5.52 Å². The van der Waals surface area contributed by atoms with E-state index in [0.29, 0.717) is 18.2 Å². The molecule has 116 valence electrons. The van der Waals surface area contributed by atoms with Gasteiger partial charge >= 0.3 is 0 Å². The number of fused-ring (bicyclic) bond motifs is 1. The van der Waals surface area contributed by atoms with Crippen molar-refractivity contribution >= 4 is 22.9 Å². The third-order valence-corrected chi connectivity index (χ3v) is 3.16. The first kappa shape index (κ1) is 15.5. The van der Waals surface area contributed by atoms with Crippen molar-refractivity contribution in [1.29, 1.82) is 0 Å². The second kappa shape index (κ2) is 7.78. The molecule has 2 aromatic heterocycles. The minimum atomic E-state index is 0.223. The summed E-state index contributed by atoms with van der Waals surface area (Å²) in [4.78, 5) is 16.3. The molecule has 0 saturated carbocycles. The molecule has 0 bridgehead atoms. The van der Waals surface area contributed by atoms with Gasteiger partial charge in [-0.3, -0.25) is 0 Å². The van der Waals surface area contributed by atoms with Crippen molar-refractivity contribution in [3.05, 3.63) is 6.33 Å². The van der Waals surface area contributed by atoms with Crippen molar-refractivity contribution in [2.45, 2.75) is 39.2 Å². The van der Waals surface area contributed by atoms with Crippen LogP contribution in [0, 0.1) is 0 Å². The summed E-state index contributed by atoms with van der Waals surface area (Å²) in [5.74, 6) is 1.37. The number of nitrogens with zero attached hydrogens (tertiary/aromatic N) is 3. The number of methoxy groups -OCH3 is 1. The minimum Gasteiger partial charge on any atom is -0.383 e. The van der Waals surface area contributed by atoms with Gasteiger partial charge in [-0.05, 0) is 12.8 Å². The first-order chi connectivity index (χ1) is 10.3. The summed E-state index contributed by atoms with van der Waals surface area (Å²) in [5.41, 5.74) is 1.49. The number of nitrogens with one attached hydrogen (secondary N) is 3. The second-order valence-corrected chi connectivity index (χ2v) is 5.01. The number of imidazole rings is 1. The Kier molecular flexibility index (Phi) is 5.74. The van der Waals surface area contributed by atoms with Crippen LogP contribution in [0.4, 0.5) is 11.8 Å². The van der Waals surface area contributed by atoms with Crippen LogP contribution in [0.5, 0.6) is 0 Å². The molecule has 0 aliphatic heterocycles. The van der Waals surface area contributed by atoms with E-state index in [9.17, 15) is 0 Å². The number of anilines is 2. The van der Waals surface area contributed by atoms with E-state index in [1.54, 1.807) is 13.4 Å². The molecule has 2 aromatic rings. The molecule has 0 saturated heterocycles. The van der Waals surface area contributed by atoms with E-state index < -0.39 is 0 Å². The lowest BCUT2D eigenvalue weighted by Gasteiger charge is -2.18. The molecule has 2 rings (SSSR count). The average molecular weight is 292 g/mol. The van der Waals surface area contributed by atoms with E-state index in [4.69, 9.17) is 4.74 Å².